The lowest BCUT2D eigenvalue weighted by Gasteiger charge is -2.01. The Hall–Kier alpha value is -1.60. The minimum atomic E-state index is 0.420. The summed E-state index contributed by atoms with van der Waals surface area (Å²) in [6.45, 7) is 0.420. The van der Waals surface area contributed by atoms with Crippen LogP contribution in [0, 0.1) is 5.53 Å². The molecule has 0 unspecified atom stereocenters. The van der Waals surface area contributed by atoms with Crippen molar-refractivity contribution < 1.29 is 9.53 Å². The Bertz CT molecular complexity index is 252. The minimum absolute atomic E-state index is 0.420. The minimum Gasteiger partial charge on any atom is -0.610 e. The summed E-state index contributed by atoms with van der Waals surface area (Å²) >= 11 is 0. The molecule has 0 heterocycles. The summed E-state index contributed by atoms with van der Waals surface area (Å²) in [5, 5.41) is 0. The molecular formula is C8H8N2O. The maximum atomic E-state index is 6.36. The van der Waals surface area contributed by atoms with Gasteiger partial charge in [0.15, 0.2) is 6.40 Å². The molecule has 1 N–H and O–H groups in total. The number of ether oxygens (including phenoxy) is 1. The first kappa shape index (κ1) is 7.51. The summed E-state index contributed by atoms with van der Waals surface area (Å²) in [6, 6.07) is 9.66. The molecule has 0 saturated heterocycles. The van der Waals surface area contributed by atoms with Crippen molar-refractivity contribution in [1.29, 1.82) is 5.53 Å². The van der Waals surface area contributed by atoms with Crippen molar-refractivity contribution in [3.05, 3.63) is 35.9 Å². The van der Waals surface area contributed by atoms with Crippen LogP contribution in [-0.2, 0) is 11.3 Å². The van der Waals surface area contributed by atoms with Crippen molar-refractivity contribution in [3.63, 3.8) is 0 Å². The van der Waals surface area contributed by atoms with Crippen molar-refractivity contribution in [3.8, 4) is 0 Å². The van der Waals surface area contributed by atoms with E-state index in [1.54, 1.807) is 0 Å². The normalized spacial score (nSPS) is 8.36. The second-order valence-electron chi connectivity index (χ2n) is 1.98. The molecule has 0 spiro atoms. The van der Waals surface area contributed by atoms with Gasteiger partial charge in [0.2, 0.25) is 0 Å². The molecule has 0 aliphatic heterocycles. The van der Waals surface area contributed by atoms with Gasteiger partial charge in [-0.15, -0.1) is 4.79 Å². The monoisotopic (exact) mass is 148 g/mol. The van der Waals surface area contributed by atoms with E-state index in [4.69, 9.17) is 10.3 Å². The van der Waals surface area contributed by atoms with Gasteiger partial charge in [-0.25, -0.2) is 0 Å². The molecule has 0 amide bonds. The standard InChI is InChI=1S/C8H8N2O/c9-10-7-11-6-8-4-2-1-3-5-8/h1-5,9H,6H2. The lowest BCUT2D eigenvalue weighted by molar-refractivity contribution is -0.133. The molecule has 1 aromatic rings. The number of nitrogens with one attached hydrogen (secondary N) is 1. The van der Waals surface area contributed by atoms with Gasteiger partial charge in [0.05, 0.1) is 6.61 Å². The second kappa shape index (κ2) is 4.25. The first-order chi connectivity index (χ1) is 5.43. The predicted octanol–water partition coefficient (Wildman–Crippen LogP) is 1.35. The van der Waals surface area contributed by atoms with E-state index in [1.165, 1.54) is 0 Å². The average molecular weight is 148 g/mol. The van der Waals surface area contributed by atoms with Gasteiger partial charge in [0.1, 0.15) is 0 Å². The molecule has 0 saturated carbocycles. The predicted molar refractivity (Wildman–Crippen MR) is 39.2 cm³/mol. The number of hydrogen-bond acceptors (Lipinski definition) is 2. The maximum absolute atomic E-state index is 6.36. The number of hydrogen-bond donors (Lipinski definition) is 1. The average Bonchev–Trinajstić information content (AvgIpc) is 2.07. The smallest absolute Gasteiger partial charge is 0.194 e. The molecule has 0 radical (unpaired) electrons. The second-order valence-corrected chi connectivity index (χ2v) is 1.98. The SMILES string of the molecule is N=[N+]=[C-]OCc1ccccc1. The highest BCUT2D eigenvalue weighted by Gasteiger charge is 1.84. The third-order valence-electron chi connectivity index (χ3n) is 1.19. The van der Waals surface area contributed by atoms with E-state index in [1.807, 2.05) is 30.3 Å². The van der Waals surface area contributed by atoms with Crippen molar-refractivity contribution >= 4 is 6.40 Å². The zero-order chi connectivity index (χ0) is 7.94. The molecule has 0 aliphatic carbocycles. The van der Waals surface area contributed by atoms with E-state index in [9.17, 15) is 0 Å². The molecule has 56 valence electrons. The van der Waals surface area contributed by atoms with Gasteiger partial charge < -0.3 is 4.74 Å². The maximum Gasteiger partial charge on any atom is 0.194 e. The van der Waals surface area contributed by atoms with E-state index in [0.717, 1.165) is 5.56 Å². The van der Waals surface area contributed by atoms with Gasteiger partial charge >= 0.3 is 0 Å². The Balaban J connectivity index is 2.45. The quantitative estimate of drug-likeness (QED) is 0.227. The van der Waals surface area contributed by atoms with E-state index in [-0.39, 0.29) is 0 Å². The lowest BCUT2D eigenvalue weighted by Crippen LogP contribution is -1.89. The Morgan fingerprint density at radius 2 is 2.09 bits per heavy atom. The molecule has 0 aliphatic rings. The molecule has 0 atom stereocenters. The van der Waals surface area contributed by atoms with Crippen LogP contribution in [0.15, 0.2) is 30.3 Å². The van der Waals surface area contributed by atoms with Crippen molar-refractivity contribution in [2.45, 2.75) is 6.61 Å². The number of rotatable bonds is 3. The molecule has 0 aromatic heterocycles. The van der Waals surface area contributed by atoms with Gasteiger partial charge in [-0.2, -0.15) is 0 Å². The molecule has 1 aromatic carbocycles. The highest BCUT2D eigenvalue weighted by Crippen LogP contribution is 1.98. The Labute approximate surface area is 64.9 Å². The fourth-order valence-electron chi connectivity index (χ4n) is 0.722. The Kier molecular flexibility index (Phi) is 2.90. The van der Waals surface area contributed by atoms with E-state index < -0.39 is 0 Å². The van der Waals surface area contributed by atoms with Crippen LogP contribution in [-0.4, -0.2) is 11.2 Å². The molecule has 3 heteroatoms. The van der Waals surface area contributed by atoms with Gasteiger partial charge in [0.25, 0.3) is 0 Å². The zero-order valence-electron chi connectivity index (χ0n) is 5.95. The molecular weight excluding hydrogens is 140 g/mol. The molecule has 3 nitrogen and oxygen atoms in total. The third kappa shape index (κ3) is 2.65. The topological polar surface area (TPSA) is 47.2 Å². The summed E-state index contributed by atoms with van der Waals surface area (Å²) in [5.41, 5.74) is 7.40. The van der Waals surface area contributed by atoms with Crippen LogP contribution < -0.4 is 0 Å². The summed E-state index contributed by atoms with van der Waals surface area (Å²) in [6.07, 6.45) is 2.09. The van der Waals surface area contributed by atoms with Crippen LogP contribution in [0.4, 0.5) is 0 Å². The fraction of sp³-hybridized carbons (Fsp3) is 0.125. The number of benzene rings is 1. The highest BCUT2D eigenvalue weighted by molar-refractivity contribution is 5.38. The van der Waals surface area contributed by atoms with Crippen LogP contribution in [0.2, 0.25) is 0 Å². The van der Waals surface area contributed by atoms with Crippen LogP contribution >= 0.6 is 0 Å². The van der Waals surface area contributed by atoms with Crippen LogP contribution in [0.1, 0.15) is 5.56 Å². The van der Waals surface area contributed by atoms with E-state index in [0.29, 0.717) is 6.61 Å². The summed E-state index contributed by atoms with van der Waals surface area (Å²) in [5.74, 6) is 0. The largest absolute Gasteiger partial charge is 0.610 e. The highest BCUT2D eigenvalue weighted by atomic mass is 16.5. The molecule has 0 bridgehead atoms. The van der Waals surface area contributed by atoms with Crippen LogP contribution in [0.25, 0.3) is 0 Å². The number of nitrogens with zero attached hydrogens (tertiary/aromatic N) is 1. The first-order valence-electron chi connectivity index (χ1n) is 3.20. The molecule has 11 heavy (non-hydrogen) atoms. The molecule has 0 fully saturated rings. The van der Waals surface area contributed by atoms with Gasteiger partial charge in [-0.1, -0.05) is 30.3 Å². The van der Waals surface area contributed by atoms with Gasteiger partial charge in [-0.3, -0.25) is 0 Å². The fourth-order valence-corrected chi connectivity index (χ4v) is 0.722. The van der Waals surface area contributed by atoms with E-state index in [2.05, 4.69) is 11.2 Å². The van der Waals surface area contributed by atoms with Gasteiger partial charge in [0, 0.05) is 5.53 Å². The summed E-state index contributed by atoms with van der Waals surface area (Å²) < 4.78 is 4.76. The van der Waals surface area contributed by atoms with Gasteiger partial charge in [-0.05, 0) is 5.56 Å². The summed E-state index contributed by atoms with van der Waals surface area (Å²) in [7, 11) is 0. The van der Waals surface area contributed by atoms with Crippen LogP contribution in [0.3, 0.4) is 0 Å². The Morgan fingerprint density at radius 3 is 2.73 bits per heavy atom. The Morgan fingerprint density at radius 1 is 1.36 bits per heavy atom. The van der Waals surface area contributed by atoms with Crippen LogP contribution in [0.5, 0.6) is 0 Å². The van der Waals surface area contributed by atoms with Crippen molar-refractivity contribution in [2.75, 3.05) is 0 Å². The van der Waals surface area contributed by atoms with Crippen molar-refractivity contribution in [1.82, 2.24) is 0 Å². The zero-order valence-corrected chi connectivity index (χ0v) is 5.95. The lowest BCUT2D eigenvalue weighted by atomic mass is 10.2. The van der Waals surface area contributed by atoms with Crippen molar-refractivity contribution in [2.24, 2.45) is 0 Å². The third-order valence-corrected chi connectivity index (χ3v) is 1.19. The first-order valence-corrected chi connectivity index (χ1v) is 3.20. The molecule has 1 rings (SSSR count). The van der Waals surface area contributed by atoms with E-state index >= 15 is 0 Å². The summed E-state index contributed by atoms with van der Waals surface area (Å²) in [4.78, 5) is 2.83.